The maximum Gasteiger partial charge on any atom is 0.0571 e. The van der Waals surface area contributed by atoms with E-state index in [1.165, 1.54) is 0 Å². The van der Waals surface area contributed by atoms with E-state index in [1.807, 2.05) is 51.2 Å². The SMILES string of the molecule is C=C/C=C(\C=C/C)NC(=C/C)/C(N)=C\C. The first-order valence-electron chi connectivity index (χ1n) is 5.00. The van der Waals surface area contributed by atoms with Crippen molar-refractivity contribution in [1.82, 2.24) is 5.32 Å². The number of nitrogens with two attached hydrogens (primary N) is 1. The number of hydrogen-bond acceptors (Lipinski definition) is 2. The number of rotatable bonds is 5. The highest BCUT2D eigenvalue weighted by Crippen LogP contribution is 2.04. The van der Waals surface area contributed by atoms with Crippen molar-refractivity contribution in [3.63, 3.8) is 0 Å². The predicted octanol–water partition coefficient (Wildman–Crippen LogP) is 2.99. The second-order valence-electron chi connectivity index (χ2n) is 2.93. The van der Waals surface area contributed by atoms with Crippen molar-refractivity contribution < 1.29 is 0 Å². The first kappa shape index (κ1) is 13.3. The molecule has 15 heavy (non-hydrogen) atoms. The molecule has 0 bridgehead atoms. The van der Waals surface area contributed by atoms with E-state index in [0.717, 1.165) is 17.1 Å². The third kappa shape index (κ3) is 4.91. The summed E-state index contributed by atoms with van der Waals surface area (Å²) in [5, 5.41) is 3.23. The molecule has 0 aliphatic carbocycles. The Balaban J connectivity index is 4.81. The van der Waals surface area contributed by atoms with Gasteiger partial charge < -0.3 is 11.1 Å². The van der Waals surface area contributed by atoms with Gasteiger partial charge in [-0.25, -0.2) is 0 Å². The molecule has 0 spiro atoms. The molecule has 0 aromatic carbocycles. The van der Waals surface area contributed by atoms with Gasteiger partial charge in [0.25, 0.3) is 0 Å². The largest absolute Gasteiger partial charge is 0.397 e. The Bertz CT molecular complexity index is 317. The summed E-state index contributed by atoms with van der Waals surface area (Å²) in [6, 6.07) is 0. The third-order valence-electron chi connectivity index (χ3n) is 1.83. The molecule has 0 unspecified atom stereocenters. The molecule has 0 saturated heterocycles. The lowest BCUT2D eigenvalue weighted by molar-refractivity contribution is 0.993. The van der Waals surface area contributed by atoms with E-state index in [0.29, 0.717) is 0 Å². The predicted molar refractivity (Wildman–Crippen MR) is 67.9 cm³/mol. The first-order chi connectivity index (χ1) is 7.19. The Labute approximate surface area is 92.6 Å². The van der Waals surface area contributed by atoms with Gasteiger partial charge in [-0.2, -0.15) is 0 Å². The summed E-state index contributed by atoms with van der Waals surface area (Å²) in [5.74, 6) is 0. The van der Waals surface area contributed by atoms with Crippen LogP contribution in [0, 0.1) is 0 Å². The zero-order valence-electron chi connectivity index (χ0n) is 9.75. The topological polar surface area (TPSA) is 38.0 Å². The average molecular weight is 204 g/mol. The van der Waals surface area contributed by atoms with Crippen LogP contribution in [-0.4, -0.2) is 0 Å². The van der Waals surface area contributed by atoms with Gasteiger partial charge in [0.05, 0.1) is 11.4 Å². The van der Waals surface area contributed by atoms with Crippen LogP contribution in [-0.2, 0) is 0 Å². The highest BCUT2D eigenvalue weighted by Gasteiger charge is 1.98. The van der Waals surface area contributed by atoms with Gasteiger partial charge in [0.15, 0.2) is 0 Å². The van der Waals surface area contributed by atoms with Gasteiger partial charge in [-0.3, -0.25) is 0 Å². The molecule has 0 aliphatic heterocycles. The minimum absolute atomic E-state index is 0.733. The molecule has 0 aromatic rings. The van der Waals surface area contributed by atoms with Crippen LogP contribution in [0.1, 0.15) is 20.8 Å². The van der Waals surface area contributed by atoms with Gasteiger partial charge in [0.2, 0.25) is 0 Å². The Hall–Kier alpha value is -1.70. The fourth-order valence-electron chi connectivity index (χ4n) is 1.07. The molecule has 0 aliphatic rings. The summed E-state index contributed by atoms with van der Waals surface area (Å²) in [7, 11) is 0. The zero-order valence-corrected chi connectivity index (χ0v) is 9.75. The van der Waals surface area contributed by atoms with E-state index < -0.39 is 0 Å². The summed E-state index contributed by atoms with van der Waals surface area (Å²) < 4.78 is 0. The van der Waals surface area contributed by atoms with Crippen LogP contribution < -0.4 is 11.1 Å². The van der Waals surface area contributed by atoms with Gasteiger partial charge in [-0.05, 0) is 32.9 Å². The molecule has 0 fully saturated rings. The maximum absolute atomic E-state index is 5.82. The van der Waals surface area contributed by atoms with E-state index in [-0.39, 0.29) is 0 Å². The average Bonchev–Trinajstić information content (AvgIpc) is 2.25. The maximum atomic E-state index is 5.82. The fourth-order valence-corrected chi connectivity index (χ4v) is 1.07. The zero-order chi connectivity index (χ0) is 11.7. The molecule has 2 nitrogen and oxygen atoms in total. The lowest BCUT2D eigenvalue weighted by Gasteiger charge is -2.11. The van der Waals surface area contributed by atoms with E-state index in [2.05, 4.69) is 11.9 Å². The van der Waals surface area contributed by atoms with Crippen LogP contribution >= 0.6 is 0 Å². The van der Waals surface area contributed by atoms with Crippen LogP contribution in [0.5, 0.6) is 0 Å². The van der Waals surface area contributed by atoms with Crippen molar-refractivity contribution in [2.24, 2.45) is 5.73 Å². The highest BCUT2D eigenvalue weighted by molar-refractivity contribution is 5.33. The lowest BCUT2D eigenvalue weighted by atomic mass is 10.2. The van der Waals surface area contributed by atoms with Gasteiger partial charge >= 0.3 is 0 Å². The minimum Gasteiger partial charge on any atom is -0.397 e. The monoisotopic (exact) mass is 204 g/mol. The smallest absolute Gasteiger partial charge is 0.0571 e. The Kier molecular flexibility index (Phi) is 6.81. The van der Waals surface area contributed by atoms with Crippen molar-refractivity contribution in [2.45, 2.75) is 20.8 Å². The number of nitrogens with one attached hydrogen (secondary N) is 1. The standard InChI is InChI=1S/C13H20N2/c1-5-9-11(10-6-2)15-13(8-4)12(14)7-3/h5-10,15H,1,14H2,2-4H3/b10-6-,11-9+,12-7+,13-8+. The minimum atomic E-state index is 0.733. The molecule has 0 saturated carbocycles. The van der Waals surface area contributed by atoms with Gasteiger partial charge in [-0.15, -0.1) is 0 Å². The Morgan fingerprint density at radius 1 is 1.20 bits per heavy atom. The normalized spacial score (nSPS) is 14.5. The van der Waals surface area contributed by atoms with Gasteiger partial charge in [-0.1, -0.05) is 30.9 Å². The van der Waals surface area contributed by atoms with Crippen LogP contribution in [0.4, 0.5) is 0 Å². The second kappa shape index (κ2) is 7.68. The number of hydrogen-bond donors (Lipinski definition) is 2. The van der Waals surface area contributed by atoms with Crippen LogP contribution in [0.15, 0.2) is 60.1 Å². The quantitative estimate of drug-likeness (QED) is 0.676. The van der Waals surface area contributed by atoms with Crippen molar-refractivity contribution in [2.75, 3.05) is 0 Å². The van der Waals surface area contributed by atoms with E-state index in [9.17, 15) is 0 Å². The van der Waals surface area contributed by atoms with Crippen molar-refractivity contribution >= 4 is 0 Å². The molecule has 2 heteroatoms. The van der Waals surface area contributed by atoms with Crippen molar-refractivity contribution in [1.29, 1.82) is 0 Å². The van der Waals surface area contributed by atoms with E-state index in [1.54, 1.807) is 6.08 Å². The molecular formula is C13H20N2. The molecular weight excluding hydrogens is 184 g/mol. The highest BCUT2D eigenvalue weighted by atomic mass is 14.9. The molecule has 0 atom stereocenters. The van der Waals surface area contributed by atoms with Gasteiger partial charge in [0, 0.05) is 5.70 Å². The van der Waals surface area contributed by atoms with Crippen molar-refractivity contribution in [3.05, 3.63) is 60.1 Å². The number of allylic oxidation sites excluding steroid dienone is 6. The molecule has 0 heterocycles. The third-order valence-corrected chi connectivity index (χ3v) is 1.83. The fraction of sp³-hybridized carbons (Fsp3) is 0.231. The molecule has 0 aromatic heterocycles. The van der Waals surface area contributed by atoms with Crippen molar-refractivity contribution in [3.8, 4) is 0 Å². The summed E-state index contributed by atoms with van der Waals surface area (Å²) in [6.07, 6.45) is 11.4. The van der Waals surface area contributed by atoms with E-state index >= 15 is 0 Å². The summed E-state index contributed by atoms with van der Waals surface area (Å²) >= 11 is 0. The molecule has 0 amide bonds. The Morgan fingerprint density at radius 3 is 2.27 bits per heavy atom. The molecule has 0 rings (SSSR count). The Morgan fingerprint density at radius 2 is 1.87 bits per heavy atom. The first-order valence-corrected chi connectivity index (χ1v) is 5.00. The molecule has 3 N–H and O–H groups in total. The van der Waals surface area contributed by atoms with Crippen LogP contribution in [0.25, 0.3) is 0 Å². The lowest BCUT2D eigenvalue weighted by Crippen LogP contribution is -2.17. The summed E-state index contributed by atoms with van der Waals surface area (Å²) in [6.45, 7) is 9.48. The molecule has 82 valence electrons. The molecule has 0 radical (unpaired) electrons. The summed E-state index contributed by atoms with van der Waals surface area (Å²) in [5.41, 5.74) is 8.42. The van der Waals surface area contributed by atoms with Crippen LogP contribution in [0.3, 0.4) is 0 Å². The summed E-state index contributed by atoms with van der Waals surface area (Å²) in [4.78, 5) is 0. The van der Waals surface area contributed by atoms with Crippen LogP contribution in [0.2, 0.25) is 0 Å². The second-order valence-corrected chi connectivity index (χ2v) is 2.93. The van der Waals surface area contributed by atoms with E-state index in [4.69, 9.17) is 5.73 Å². The van der Waals surface area contributed by atoms with Gasteiger partial charge in [0.1, 0.15) is 0 Å².